The second-order valence-electron chi connectivity index (χ2n) is 6.41. The third-order valence-corrected chi connectivity index (χ3v) is 4.32. The molecule has 0 radical (unpaired) electrons. The van der Waals surface area contributed by atoms with Crippen LogP contribution in [-0.4, -0.2) is 72.8 Å². The number of rotatable bonds is 3. The maximum absolute atomic E-state index is 12.3. The minimum absolute atomic E-state index is 0.115. The van der Waals surface area contributed by atoms with Crippen LogP contribution in [-0.2, 0) is 9.59 Å². The Morgan fingerprint density at radius 3 is 2.58 bits per heavy atom. The van der Waals surface area contributed by atoms with Gasteiger partial charge in [-0.3, -0.25) is 14.5 Å². The molecule has 5 heteroatoms. The van der Waals surface area contributed by atoms with E-state index in [1.165, 1.54) is 0 Å². The molecule has 5 nitrogen and oxygen atoms in total. The van der Waals surface area contributed by atoms with E-state index in [1.807, 2.05) is 4.90 Å². The molecule has 0 saturated carbocycles. The molecule has 0 aromatic carbocycles. The predicted octanol–water partition coefficient (Wildman–Crippen LogP) is 0.407. The van der Waals surface area contributed by atoms with Crippen molar-refractivity contribution in [3.63, 3.8) is 0 Å². The normalized spacial score (nSPS) is 27.8. The minimum atomic E-state index is -0.199. The maximum atomic E-state index is 12.3. The Bertz CT molecular complexity index is 381. The zero-order valence-corrected chi connectivity index (χ0v) is 12.5. The van der Waals surface area contributed by atoms with Gasteiger partial charge in [-0.2, -0.15) is 0 Å². The first-order chi connectivity index (χ1) is 8.85. The first-order valence-corrected chi connectivity index (χ1v) is 7.09. The summed E-state index contributed by atoms with van der Waals surface area (Å²) in [7, 11) is 3.55. The van der Waals surface area contributed by atoms with Gasteiger partial charge in [0.05, 0.1) is 12.0 Å². The average molecular weight is 267 g/mol. The molecule has 1 spiro atoms. The number of carbonyl (C=O) groups is 2. The van der Waals surface area contributed by atoms with Crippen LogP contribution in [0.1, 0.15) is 26.7 Å². The van der Waals surface area contributed by atoms with E-state index >= 15 is 0 Å². The van der Waals surface area contributed by atoms with Gasteiger partial charge < -0.3 is 9.80 Å². The van der Waals surface area contributed by atoms with Crippen LogP contribution in [0.3, 0.4) is 0 Å². The topological polar surface area (TPSA) is 43.9 Å². The number of carbonyl (C=O) groups excluding carboxylic acids is 2. The molecule has 2 heterocycles. The fraction of sp³-hybridized carbons (Fsp3) is 0.857. The van der Waals surface area contributed by atoms with Gasteiger partial charge in [-0.1, -0.05) is 0 Å². The van der Waals surface area contributed by atoms with Crippen molar-refractivity contribution in [2.24, 2.45) is 5.41 Å². The summed E-state index contributed by atoms with van der Waals surface area (Å²) in [5, 5.41) is 0. The summed E-state index contributed by atoms with van der Waals surface area (Å²) in [5.41, 5.74) is -0.199. The van der Waals surface area contributed by atoms with E-state index in [9.17, 15) is 9.59 Å². The lowest BCUT2D eigenvalue weighted by molar-refractivity contribution is -0.170. The van der Waals surface area contributed by atoms with Gasteiger partial charge in [-0.15, -0.1) is 0 Å². The van der Waals surface area contributed by atoms with Crippen LogP contribution >= 0.6 is 0 Å². The van der Waals surface area contributed by atoms with Crippen LogP contribution in [0.4, 0.5) is 0 Å². The zero-order valence-electron chi connectivity index (χ0n) is 12.5. The van der Waals surface area contributed by atoms with Gasteiger partial charge in [0.2, 0.25) is 11.8 Å². The lowest BCUT2D eigenvalue weighted by Gasteiger charge is -2.54. The molecular formula is C14H25N3O2. The van der Waals surface area contributed by atoms with E-state index in [4.69, 9.17) is 0 Å². The molecule has 1 atom stereocenters. The predicted molar refractivity (Wildman–Crippen MR) is 73.7 cm³/mol. The number of likely N-dealkylation sites (tertiary alicyclic amines) is 2. The molecule has 0 aromatic heterocycles. The molecule has 0 aromatic rings. The molecule has 0 bridgehead atoms. The SMILES string of the molecule is CC(C)N1C[C@@]2(CCCN(CC(=O)N(C)C)C2)C1=O. The van der Waals surface area contributed by atoms with Crippen molar-refractivity contribution >= 4 is 11.8 Å². The van der Waals surface area contributed by atoms with Gasteiger partial charge in [0, 0.05) is 33.2 Å². The summed E-state index contributed by atoms with van der Waals surface area (Å²) >= 11 is 0. The van der Waals surface area contributed by atoms with Crippen LogP contribution in [0.2, 0.25) is 0 Å². The van der Waals surface area contributed by atoms with E-state index in [0.717, 1.165) is 32.5 Å². The second-order valence-corrected chi connectivity index (χ2v) is 6.41. The van der Waals surface area contributed by atoms with E-state index in [1.54, 1.807) is 19.0 Å². The van der Waals surface area contributed by atoms with Gasteiger partial charge in [-0.05, 0) is 33.2 Å². The monoisotopic (exact) mass is 267 g/mol. The summed E-state index contributed by atoms with van der Waals surface area (Å²) in [6.45, 7) is 7.08. The Morgan fingerprint density at radius 2 is 2.05 bits per heavy atom. The quantitative estimate of drug-likeness (QED) is 0.696. The van der Waals surface area contributed by atoms with Gasteiger partial charge in [0.15, 0.2) is 0 Å². The molecule has 2 amide bonds. The summed E-state index contributed by atoms with van der Waals surface area (Å²) in [4.78, 5) is 29.8. The third kappa shape index (κ3) is 2.61. The second kappa shape index (κ2) is 5.12. The lowest BCUT2D eigenvalue weighted by atomic mass is 9.71. The fourth-order valence-corrected chi connectivity index (χ4v) is 3.09. The highest BCUT2D eigenvalue weighted by molar-refractivity contribution is 5.89. The molecule has 108 valence electrons. The van der Waals surface area contributed by atoms with Crippen LogP contribution < -0.4 is 0 Å². The molecule has 2 fully saturated rings. The van der Waals surface area contributed by atoms with Crippen LogP contribution in [0.25, 0.3) is 0 Å². The standard InChI is InChI=1S/C14H25N3O2/c1-11(2)17-10-14(13(17)19)6-5-7-16(9-14)8-12(18)15(3)4/h11H,5-10H2,1-4H3/t14-/m0/s1. The highest BCUT2D eigenvalue weighted by Gasteiger charge is 2.54. The van der Waals surface area contributed by atoms with Crippen molar-refractivity contribution in [3.8, 4) is 0 Å². The van der Waals surface area contributed by atoms with Gasteiger partial charge in [0.1, 0.15) is 0 Å². The van der Waals surface area contributed by atoms with Crippen molar-refractivity contribution in [1.82, 2.24) is 14.7 Å². The molecule has 2 rings (SSSR count). The number of hydrogen-bond acceptors (Lipinski definition) is 3. The van der Waals surface area contributed by atoms with E-state index < -0.39 is 0 Å². The van der Waals surface area contributed by atoms with Crippen LogP contribution in [0.15, 0.2) is 0 Å². The molecule has 19 heavy (non-hydrogen) atoms. The lowest BCUT2D eigenvalue weighted by Crippen LogP contribution is -2.68. The molecular weight excluding hydrogens is 242 g/mol. The van der Waals surface area contributed by atoms with Crippen molar-refractivity contribution in [3.05, 3.63) is 0 Å². The zero-order chi connectivity index (χ0) is 14.2. The van der Waals surface area contributed by atoms with Gasteiger partial charge in [-0.25, -0.2) is 0 Å². The van der Waals surface area contributed by atoms with Crippen molar-refractivity contribution in [2.45, 2.75) is 32.7 Å². The van der Waals surface area contributed by atoms with Crippen molar-refractivity contribution < 1.29 is 9.59 Å². The number of likely N-dealkylation sites (N-methyl/N-ethyl adjacent to an activating group) is 1. The number of amides is 2. The molecule has 2 saturated heterocycles. The number of piperidine rings is 1. The van der Waals surface area contributed by atoms with Crippen molar-refractivity contribution in [1.29, 1.82) is 0 Å². The number of β-lactam (4-membered cyclic amide) rings is 1. The Labute approximate surface area is 115 Å². The van der Waals surface area contributed by atoms with Gasteiger partial charge in [0.25, 0.3) is 0 Å². The highest BCUT2D eigenvalue weighted by atomic mass is 16.2. The largest absolute Gasteiger partial charge is 0.348 e. The molecule has 2 aliphatic rings. The minimum Gasteiger partial charge on any atom is -0.348 e. The first kappa shape index (κ1) is 14.3. The highest BCUT2D eigenvalue weighted by Crippen LogP contribution is 2.41. The molecule has 0 unspecified atom stereocenters. The Morgan fingerprint density at radius 1 is 1.37 bits per heavy atom. The summed E-state index contributed by atoms with van der Waals surface area (Å²) in [5.74, 6) is 0.397. The summed E-state index contributed by atoms with van der Waals surface area (Å²) < 4.78 is 0. The number of hydrogen-bond donors (Lipinski definition) is 0. The van der Waals surface area contributed by atoms with Gasteiger partial charge >= 0.3 is 0 Å². The third-order valence-electron chi connectivity index (χ3n) is 4.32. The number of nitrogens with zero attached hydrogens (tertiary/aromatic N) is 3. The average Bonchev–Trinajstić information content (AvgIpc) is 2.35. The smallest absolute Gasteiger partial charge is 0.236 e. The maximum Gasteiger partial charge on any atom is 0.236 e. The van der Waals surface area contributed by atoms with Crippen LogP contribution in [0, 0.1) is 5.41 Å². The Hall–Kier alpha value is -1.10. The summed E-state index contributed by atoms with van der Waals surface area (Å²) in [6.07, 6.45) is 1.99. The van der Waals surface area contributed by atoms with E-state index in [0.29, 0.717) is 6.54 Å². The summed E-state index contributed by atoms with van der Waals surface area (Å²) in [6, 6.07) is 0.289. The molecule has 0 N–H and O–H groups in total. The fourth-order valence-electron chi connectivity index (χ4n) is 3.09. The first-order valence-electron chi connectivity index (χ1n) is 7.09. The van der Waals surface area contributed by atoms with Crippen molar-refractivity contribution in [2.75, 3.05) is 40.3 Å². The van der Waals surface area contributed by atoms with E-state index in [-0.39, 0.29) is 23.3 Å². The Kier molecular flexibility index (Phi) is 3.85. The Balaban J connectivity index is 1.95. The molecule has 2 aliphatic heterocycles. The molecule has 0 aliphatic carbocycles. The van der Waals surface area contributed by atoms with E-state index in [2.05, 4.69) is 18.7 Å². The van der Waals surface area contributed by atoms with Crippen LogP contribution in [0.5, 0.6) is 0 Å².